The normalized spacial score (nSPS) is 14.1. The molecule has 3 aromatic rings. The molecular formula is C25H30N4O3S. The molecule has 1 aliphatic rings. The predicted molar refractivity (Wildman–Crippen MR) is 130 cm³/mol. The third kappa shape index (κ3) is 5.68. The lowest BCUT2D eigenvalue weighted by Crippen LogP contribution is -2.25. The number of aromatic nitrogens is 3. The van der Waals surface area contributed by atoms with Crippen LogP contribution in [0.4, 0.5) is 0 Å². The summed E-state index contributed by atoms with van der Waals surface area (Å²) >= 11 is 1.44. The van der Waals surface area contributed by atoms with Crippen LogP contribution in [-0.4, -0.2) is 40.6 Å². The molecule has 2 aromatic carbocycles. The molecule has 1 heterocycles. The summed E-state index contributed by atoms with van der Waals surface area (Å²) in [6, 6.07) is 16.0. The molecule has 0 radical (unpaired) electrons. The Bertz CT molecular complexity index is 1060. The Morgan fingerprint density at radius 2 is 1.79 bits per heavy atom. The van der Waals surface area contributed by atoms with Crippen molar-refractivity contribution in [1.29, 1.82) is 0 Å². The van der Waals surface area contributed by atoms with Crippen molar-refractivity contribution in [3.8, 4) is 22.9 Å². The maximum atomic E-state index is 12.5. The molecule has 174 valence electrons. The highest BCUT2D eigenvalue weighted by Crippen LogP contribution is 2.38. The largest absolute Gasteiger partial charge is 0.493 e. The van der Waals surface area contributed by atoms with Gasteiger partial charge in [-0.25, -0.2) is 0 Å². The zero-order valence-electron chi connectivity index (χ0n) is 19.1. The van der Waals surface area contributed by atoms with Gasteiger partial charge in [0.25, 0.3) is 0 Å². The highest BCUT2D eigenvalue weighted by atomic mass is 32.2. The van der Waals surface area contributed by atoms with E-state index >= 15 is 0 Å². The van der Waals surface area contributed by atoms with Crippen LogP contribution in [0, 0.1) is 0 Å². The van der Waals surface area contributed by atoms with Crippen molar-refractivity contribution in [1.82, 2.24) is 20.1 Å². The number of carbonyl (C=O) groups excluding carboxylic acids is 1. The summed E-state index contributed by atoms with van der Waals surface area (Å²) in [5.74, 6) is 2.41. The zero-order valence-corrected chi connectivity index (χ0v) is 19.9. The summed E-state index contributed by atoms with van der Waals surface area (Å²) in [7, 11) is 3.25. The average molecular weight is 467 g/mol. The van der Waals surface area contributed by atoms with Crippen LogP contribution in [0.3, 0.4) is 0 Å². The van der Waals surface area contributed by atoms with Gasteiger partial charge in [0.2, 0.25) is 5.91 Å². The lowest BCUT2D eigenvalue weighted by atomic mass is 9.95. The highest BCUT2D eigenvalue weighted by molar-refractivity contribution is 7.99. The van der Waals surface area contributed by atoms with Gasteiger partial charge in [-0.15, -0.1) is 10.2 Å². The van der Waals surface area contributed by atoms with Crippen LogP contribution in [-0.2, 0) is 11.3 Å². The van der Waals surface area contributed by atoms with E-state index in [4.69, 9.17) is 9.47 Å². The average Bonchev–Trinajstić information content (AvgIpc) is 3.31. The van der Waals surface area contributed by atoms with Gasteiger partial charge >= 0.3 is 0 Å². The molecule has 0 spiro atoms. The second-order valence-electron chi connectivity index (χ2n) is 8.09. The highest BCUT2D eigenvalue weighted by Gasteiger charge is 2.25. The van der Waals surface area contributed by atoms with Crippen molar-refractivity contribution in [3.63, 3.8) is 0 Å². The Morgan fingerprint density at radius 1 is 1.03 bits per heavy atom. The van der Waals surface area contributed by atoms with Gasteiger partial charge in [-0.05, 0) is 36.6 Å². The number of rotatable bonds is 9. The van der Waals surface area contributed by atoms with Crippen molar-refractivity contribution in [2.45, 2.75) is 49.8 Å². The maximum Gasteiger partial charge on any atom is 0.230 e. The van der Waals surface area contributed by atoms with E-state index in [0.717, 1.165) is 34.9 Å². The van der Waals surface area contributed by atoms with Gasteiger partial charge in [-0.3, -0.25) is 9.36 Å². The minimum absolute atomic E-state index is 0.0188. The minimum Gasteiger partial charge on any atom is -0.493 e. The van der Waals surface area contributed by atoms with Gasteiger partial charge in [0.15, 0.2) is 22.5 Å². The molecule has 1 aromatic heterocycles. The first-order valence-corrected chi connectivity index (χ1v) is 12.3. The van der Waals surface area contributed by atoms with E-state index in [2.05, 4.69) is 20.1 Å². The Labute approximate surface area is 198 Å². The van der Waals surface area contributed by atoms with Gasteiger partial charge < -0.3 is 14.8 Å². The van der Waals surface area contributed by atoms with Crippen LogP contribution in [0.15, 0.2) is 53.7 Å². The molecule has 7 nitrogen and oxygen atoms in total. The molecule has 1 aliphatic carbocycles. The van der Waals surface area contributed by atoms with Crippen LogP contribution < -0.4 is 14.8 Å². The third-order valence-electron chi connectivity index (χ3n) is 5.91. The summed E-state index contributed by atoms with van der Waals surface area (Å²) in [6.07, 6.45) is 5.82. The number of nitrogens with one attached hydrogen (secondary N) is 1. The number of carbonyl (C=O) groups is 1. The topological polar surface area (TPSA) is 78.3 Å². The SMILES string of the molecule is COc1ccc(-c2nnc(SCC(=O)NCc3ccccc3)n2C2CCCCC2)cc1OC. The molecule has 33 heavy (non-hydrogen) atoms. The smallest absolute Gasteiger partial charge is 0.230 e. The maximum absolute atomic E-state index is 12.5. The first-order chi connectivity index (χ1) is 16.2. The van der Waals surface area contributed by atoms with Crippen molar-refractivity contribution < 1.29 is 14.3 Å². The first-order valence-electron chi connectivity index (χ1n) is 11.3. The van der Waals surface area contributed by atoms with E-state index in [1.54, 1.807) is 14.2 Å². The van der Waals surface area contributed by atoms with E-state index in [0.29, 0.717) is 29.8 Å². The number of methoxy groups -OCH3 is 2. The van der Waals surface area contributed by atoms with Crippen molar-refractivity contribution >= 4 is 17.7 Å². The van der Waals surface area contributed by atoms with E-state index in [9.17, 15) is 4.79 Å². The fraction of sp³-hybridized carbons (Fsp3) is 0.400. The van der Waals surface area contributed by atoms with Crippen LogP contribution in [0.25, 0.3) is 11.4 Å². The number of ether oxygens (including phenoxy) is 2. The Morgan fingerprint density at radius 3 is 2.52 bits per heavy atom. The van der Waals surface area contributed by atoms with E-state index < -0.39 is 0 Å². The number of hydrogen-bond acceptors (Lipinski definition) is 6. The van der Waals surface area contributed by atoms with Gasteiger partial charge in [-0.1, -0.05) is 61.4 Å². The van der Waals surface area contributed by atoms with Gasteiger partial charge in [0.1, 0.15) is 0 Å². The second-order valence-corrected chi connectivity index (χ2v) is 9.03. The van der Waals surface area contributed by atoms with Crippen LogP contribution in [0.5, 0.6) is 11.5 Å². The summed E-state index contributed by atoms with van der Waals surface area (Å²) in [5, 5.41) is 12.8. The third-order valence-corrected chi connectivity index (χ3v) is 6.85. The first kappa shape index (κ1) is 23.2. The molecule has 1 saturated carbocycles. The number of hydrogen-bond donors (Lipinski definition) is 1. The van der Waals surface area contributed by atoms with Crippen molar-refractivity contribution in [3.05, 3.63) is 54.1 Å². The molecule has 4 rings (SSSR count). The van der Waals surface area contributed by atoms with Crippen molar-refractivity contribution in [2.24, 2.45) is 0 Å². The van der Waals surface area contributed by atoms with Crippen LogP contribution in [0.1, 0.15) is 43.7 Å². The summed E-state index contributed by atoms with van der Waals surface area (Å²) in [5.41, 5.74) is 2.00. The monoisotopic (exact) mass is 466 g/mol. The summed E-state index contributed by atoms with van der Waals surface area (Å²) < 4.78 is 13.1. The molecule has 1 N–H and O–H groups in total. The second kappa shape index (κ2) is 11.2. The van der Waals surface area contributed by atoms with Gasteiger partial charge in [0.05, 0.1) is 20.0 Å². The number of thioether (sulfide) groups is 1. The molecule has 0 atom stereocenters. The van der Waals surface area contributed by atoms with E-state index in [1.165, 1.54) is 31.0 Å². The standard InChI is InChI=1S/C25H30N4O3S/c1-31-21-14-13-19(15-22(21)32-2)24-27-28-25(29(24)20-11-7-4-8-12-20)33-17-23(30)26-16-18-9-5-3-6-10-18/h3,5-6,9-10,13-15,20H,4,7-8,11-12,16-17H2,1-2H3,(H,26,30). The van der Waals surface area contributed by atoms with Crippen LogP contribution >= 0.6 is 11.8 Å². The summed E-state index contributed by atoms with van der Waals surface area (Å²) in [6.45, 7) is 0.520. The fourth-order valence-corrected chi connectivity index (χ4v) is 5.03. The van der Waals surface area contributed by atoms with E-state index in [1.807, 2.05) is 48.5 Å². The number of amides is 1. The predicted octanol–water partition coefficient (Wildman–Crippen LogP) is 4.88. The lowest BCUT2D eigenvalue weighted by Gasteiger charge is -2.25. The molecular weight excluding hydrogens is 436 g/mol. The fourth-order valence-electron chi connectivity index (χ4n) is 4.19. The minimum atomic E-state index is -0.0188. The molecule has 0 bridgehead atoms. The van der Waals surface area contributed by atoms with Gasteiger partial charge in [-0.2, -0.15) is 0 Å². The van der Waals surface area contributed by atoms with Crippen LogP contribution in [0.2, 0.25) is 0 Å². The molecule has 0 unspecified atom stereocenters. The van der Waals surface area contributed by atoms with E-state index in [-0.39, 0.29) is 5.91 Å². The molecule has 8 heteroatoms. The Balaban J connectivity index is 1.53. The molecule has 0 aliphatic heterocycles. The van der Waals surface area contributed by atoms with Crippen molar-refractivity contribution in [2.75, 3.05) is 20.0 Å². The Hall–Kier alpha value is -3.00. The zero-order chi connectivity index (χ0) is 23.0. The summed E-state index contributed by atoms with van der Waals surface area (Å²) in [4.78, 5) is 12.5. The lowest BCUT2D eigenvalue weighted by molar-refractivity contribution is -0.118. The quantitative estimate of drug-likeness (QED) is 0.453. The number of nitrogens with zero attached hydrogens (tertiary/aromatic N) is 3. The Kier molecular flexibility index (Phi) is 7.88. The molecule has 0 saturated heterocycles. The van der Waals surface area contributed by atoms with Gasteiger partial charge in [0, 0.05) is 18.2 Å². The molecule has 1 fully saturated rings. The molecule has 1 amide bonds. The number of benzene rings is 2.